The average molecular weight is 190 g/mol. The molecule has 0 atom stereocenters. The second-order valence-corrected chi connectivity index (χ2v) is 2.53. The maximum atomic E-state index is 12.4. The van der Waals surface area contributed by atoms with Crippen LogP contribution in [0.3, 0.4) is 0 Å². The fourth-order valence-corrected chi connectivity index (χ4v) is 0.742. The summed E-state index contributed by atoms with van der Waals surface area (Å²) in [4.78, 5) is 3.43. The van der Waals surface area contributed by atoms with Gasteiger partial charge in [0, 0.05) is 6.20 Å². The van der Waals surface area contributed by atoms with E-state index >= 15 is 0 Å². The molecule has 1 heterocycles. The third-order valence-electron chi connectivity index (χ3n) is 1.04. The van der Waals surface area contributed by atoms with Crippen LogP contribution < -0.4 is 0 Å². The van der Waals surface area contributed by atoms with E-state index in [9.17, 15) is 4.39 Å². The maximum absolute atomic E-state index is 12.4. The molecule has 9 heavy (non-hydrogen) atoms. The van der Waals surface area contributed by atoms with Crippen molar-refractivity contribution in [3.63, 3.8) is 0 Å². The van der Waals surface area contributed by atoms with Crippen molar-refractivity contribution in [1.82, 2.24) is 4.98 Å². The van der Waals surface area contributed by atoms with Crippen molar-refractivity contribution in [3.8, 4) is 0 Å². The molecule has 0 saturated carbocycles. The number of pyridine rings is 1. The SMILES string of the molecule is Cc1ccnc(F)c1Br. The minimum absolute atomic E-state index is 0.449. The summed E-state index contributed by atoms with van der Waals surface area (Å²) < 4.78 is 12.9. The third-order valence-corrected chi connectivity index (χ3v) is 1.99. The Labute approximate surface area is 61.0 Å². The zero-order valence-corrected chi connectivity index (χ0v) is 6.44. The van der Waals surface area contributed by atoms with Gasteiger partial charge in [-0.3, -0.25) is 0 Å². The van der Waals surface area contributed by atoms with E-state index in [1.807, 2.05) is 6.92 Å². The second kappa shape index (κ2) is 2.43. The second-order valence-electron chi connectivity index (χ2n) is 1.73. The van der Waals surface area contributed by atoms with E-state index in [4.69, 9.17) is 0 Å². The first-order valence-electron chi connectivity index (χ1n) is 2.48. The Balaban J connectivity index is 3.25. The Kier molecular flexibility index (Phi) is 1.81. The molecule has 1 aromatic heterocycles. The molecule has 0 radical (unpaired) electrons. The van der Waals surface area contributed by atoms with Crippen LogP contribution in [0.4, 0.5) is 4.39 Å². The van der Waals surface area contributed by atoms with Crippen molar-refractivity contribution in [2.75, 3.05) is 0 Å². The van der Waals surface area contributed by atoms with E-state index in [0.717, 1.165) is 5.56 Å². The average Bonchev–Trinajstić information content (AvgIpc) is 1.83. The summed E-state index contributed by atoms with van der Waals surface area (Å²) in [6.07, 6.45) is 1.44. The van der Waals surface area contributed by atoms with Crippen LogP contribution in [0.2, 0.25) is 0 Å². The molecule has 0 aliphatic carbocycles. The molecule has 0 aliphatic rings. The molecule has 0 N–H and O–H groups in total. The quantitative estimate of drug-likeness (QED) is 0.572. The number of hydrogen-bond donors (Lipinski definition) is 0. The van der Waals surface area contributed by atoms with Crippen LogP contribution in [0, 0.1) is 12.9 Å². The molecule has 0 aliphatic heterocycles. The van der Waals surface area contributed by atoms with Crippen LogP contribution in [-0.4, -0.2) is 4.98 Å². The molecule has 0 aromatic carbocycles. The lowest BCUT2D eigenvalue weighted by molar-refractivity contribution is 0.575. The van der Waals surface area contributed by atoms with Gasteiger partial charge in [-0.2, -0.15) is 4.39 Å². The monoisotopic (exact) mass is 189 g/mol. The Morgan fingerprint density at radius 2 is 2.33 bits per heavy atom. The summed E-state index contributed by atoms with van der Waals surface area (Å²) in [5, 5.41) is 0. The van der Waals surface area contributed by atoms with Gasteiger partial charge < -0.3 is 0 Å². The first kappa shape index (κ1) is 6.68. The molecule has 1 rings (SSSR count). The van der Waals surface area contributed by atoms with Crippen LogP contribution in [0.1, 0.15) is 5.56 Å². The van der Waals surface area contributed by atoms with E-state index in [1.54, 1.807) is 6.07 Å². The van der Waals surface area contributed by atoms with Crippen LogP contribution in [0.25, 0.3) is 0 Å². The molecule has 0 unspecified atom stereocenters. The van der Waals surface area contributed by atoms with Crippen molar-refractivity contribution >= 4 is 15.9 Å². The molecule has 0 bridgehead atoms. The van der Waals surface area contributed by atoms with Gasteiger partial charge in [-0.15, -0.1) is 0 Å². The standard InChI is InChI=1S/C6H5BrFN/c1-4-2-3-9-6(8)5(4)7/h2-3H,1H3. The molecule has 0 saturated heterocycles. The highest BCUT2D eigenvalue weighted by molar-refractivity contribution is 9.10. The van der Waals surface area contributed by atoms with Crippen molar-refractivity contribution in [2.24, 2.45) is 0 Å². The summed E-state index contributed by atoms with van der Waals surface area (Å²) in [6.45, 7) is 1.81. The minimum Gasteiger partial charge on any atom is -0.227 e. The molecule has 0 fully saturated rings. The topological polar surface area (TPSA) is 12.9 Å². The van der Waals surface area contributed by atoms with Gasteiger partial charge in [-0.05, 0) is 34.5 Å². The number of halogens is 2. The van der Waals surface area contributed by atoms with Crippen molar-refractivity contribution in [3.05, 3.63) is 28.2 Å². The largest absolute Gasteiger partial charge is 0.227 e. The summed E-state index contributed by atoms with van der Waals surface area (Å²) >= 11 is 3.04. The fourth-order valence-electron chi connectivity index (χ4n) is 0.507. The zero-order chi connectivity index (χ0) is 6.85. The molecule has 1 aromatic rings. The van der Waals surface area contributed by atoms with Gasteiger partial charge in [0.05, 0.1) is 4.47 Å². The van der Waals surface area contributed by atoms with Crippen molar-refractivity contribution < 1.29 is 4.39 Å². The number of hydrogen-bond acceptors (Lipinski definition) is 1. The smallest absolute Gasteiger partial charge is 0.227 e. The molecule has 0 spiro atoms. The first-order chi connectivity index (χ1) is 4.22. The van der Waals surface area contributed by atoms with Gasteiger partial charge in [0.1, 0.15) is 0 Å². The fraction of sp³-hybridized carbons (Fsp3) is 0.167. The van der Waals surface area contributed by atoms with Gasteiger partial charge in [0.25, 0.3) is 0 Å². The Hall–Kier alpha value is -0.440. The van der Waals surface area contributed by atoms with Crippen molar-refractivity contribution in [1.29, 1.82) is 0 Å². The van der Waals surface area contributed by atoms with Crippen LogP contribution in [0.15, 0.2) is 16.7 Å². The Bertz CT molecular complexity index is 204. The Morgan fingerprint density at radius 3 is 2.78 bits per heavy atom. The highest BCUT2D eigenvalue weighted by atomic mass is 79.9. The number of nitrogens with zero attached hydrogens (tertiary/aromatic N) is 1. The van der Waals surface area contributed by atoms with Gasteiger partial charge in [0.2, 0.25) is 5.95 Å². The predicted octanol–water partition coefficient (Wildman–Crippen LogP) is 2.29. The Morgan fingerprint density at radius 1 is 1.67 bits per heavy atom. The van der Waals surface area contributed by atoms with Crippen LogP contribution in [0.5, 0.6) is 0 Å². The lowest BCUT2D eigenvalue weighted by Gasteiger charge is -1.94. The molecule has 1 nitrogen and oxygen atoms in total. The molecule has 0 amide bonds. The van der Waals surface area contributed by atoms with E-state index in [1.165, 1.54) is 6.20 Å². The van der Waals surface area contributed by atoms with Gasteiger partial charge in [-0.25, -0.2) is 4.98 Å². The molecule has 3 heteroatoms. The zero-order valence-electron chi connectivity index (χ0n) is 4.86. The van der Waals surface area contributed by atoms with Gasteiger partial charge >= 0.3 is 0 Å². The lowest BCUT2D eigenvalue weighted by atomic mass is 10.3. The van der Waals surface area contributed by atoms with Gasteiger partial charge in [-0.1, -0.05) is 0 Å². The molecular formula is C6H5BrFN. The van der Waals surface area contributed by atoms with E-state index < -0.39 is 5.95 Å². The highest BCUT2D eigenvalue weighted by Crippen LogP contribution is 2.16. The predicted molar refractivity (Wildman–Crippen MR) is 36.6 cm³/mol. The first-order valence-corrected chi connectivity index (χ1v) is 3.27. The van der Waals surface area contributed by atoms with E-state index in [0.29, 0.717) is 4.47 Å². The highest BCUT2D eigenvalue weighted by Gasteiger charge is 1.99. The van der Waals surface area contributed by atoms with E-state index in [2.05, 4.69) is 20.9 Å². The minimum atomic E-state index is -0.449. The van der Waals surface area contributed by atoms with Gasteiger partial charge in [0.15, 0.2) is 0 Å². The molecular weight excluding hydrogens is 185 g/mol. The van der Waals surface area contributed by atoms with Crippen LogP contribution in [-0.2, 0) is 0 Å². The number of aromatic nitrogens is 1. The summed E-state index contributed by atoms with van der Waals surface area (Å²) in [5.41, 5.74) is 0.863. The third kappa shape index (κ3) is 1.27. The number of aryl methyl sites for hydroxylation is 1. The summed E-state index contributed by atoms with van der Waals surface area (Å²) in [6, 6.07) is 1.74. The van der Waals surface area contributed by atoms with E-state index in [-0.39, 0.29) is 0 Å². The van der Waals surface area contributed by atoms with Crippen molar-refractivity contribution in [2.45, 2.75) is 6.92 Å². The summed E-state index contributed by atoms with van der Waals surface area (Å²) in [5.74, 6) is -0.449. The number of rotatable bonds is 0. The van der Waals surface area contributed by atoms with Crippen LogP contribution >= 0.6 is 15.9 Å². The molecule has 48 valence electrons. The lowest BCUT2D eigenvalue weighted by Crippen LogP contribution is -1.85. The normalized spacial score (nSPS) is 9.67. The maximum Gasteiger partial charge on any atom is 0.227 e. The summed E-state index contributed by atoms with van der Waals surface area (Å²) in [7, 11) is 0.